The van der Waals surface area contributed by atoms with Gasteiger partial charge in [-0.05, 0) is 36.2 Å². The summed E-state index contributed by atoms with van der Waals surface area (Å²) in [6.07, 6.45) is -0.143. The second kappa shape index (κ2) is 6.02. The predicted octanol–water partition coefficient (Wildman–Crippen LogP) is 1.92. The molecular weight excluding hydrogens is 314 g/mol. The summed E-state index contributed by atoms with van der Waals surface area (Å²) in [4.78, 5) is 12.5. The van der Waals surface area contributed by atoms with Gasteiger partial charge in [0, 0.05) is 5.69 Å². The Balaban J connectivity index is 1.78. The lowest BCUT2D eigenvalue weighted by atomic mass is 10.1. The van der Waals surface area contributed by atoms with Crippen LogP contribution >= 0.6 is 0 Å². The van der Waals surface area contributed by atoms with Crippen LogP contribution in [0.5, 0.6) is 0 Å². The number of anilines is 2. The third-order valence-electron chi connectivity index (χ3n) is 3.64. The van der Waals surface area contributed by atoms with E-state index in [0.717, 1.165) is 12.0 Å². The number of aryl methyl sites for hydroxylation is 1. The number of sulfonamides is 1. The first-order valence-electron chi connectivity index (χ1n) is 7.27. The summed E-state index contributed by atoms with van der Waals surface area (Å²) in [5.74, 6) is -0.465. The zero-order chi connectivity index (χ0) is 16.4. The Labute approximate surface area is 135 Å². The van der Waals surface area contributed by atoms with E-state index in [2.05, 4.69) is 15.4 Å². The zero-order valence-electron chi connectivity index (χ0n) is 12.5. The summed E-state index contributed by atoms with van der Waals surface area (Å²) >= 11 is 0. The fourth-order valence-corrected chi connectivity index (χ4v) is 3.66. The monoisotopic (exact) mass is 331 g/mol. The Hall–Kier alpha value is -2.38. The van der Waals surface area contributed by atoms with Gasteiger partial charge in [0.2, 0.25) is 10.0 Å². The predicted molar refractivity (Wildman–Crippen MR) is 88.6 cm³/mol. The van der Waals surface area contributed by atoms with Crippen molar-refractivity contribution in [2.75, 3.05) is 10.6 Å². The van der Waals surface area contributed by atoms with Gasteiger partial charge in [0.05, 0.1) is 5.69 Å². The van der Waals surface area contributed by atoms with Crippen LogP contribution in [0.25, 0.3) is 0 Å². The standard InChI is InChI=1S/C16H17N3O3S/c1-2-11-7-9-12(10-8-11)17-16(20)15-18-13-5-3-4-6-14(13)23(21,22)19-15/h3-10,15,18-19H,2H2,1H3,(H,17,20)/t15-/m1/s1. The molecule has 6 nitrogen and oxygen atoms in total. The molecule has 0 saturated carbocycles. The van der Waals surface area contributed by atoms with Crippen LogP contribution in [0.3, 0.4) is 0 Å². The molecule has 3 N–H and O–H groups in total. The molecule has 0 spiro atoms. The van der Waals surface area contributed by atoms with Crippen LogP contribution in [0.1, 0.15) is 12.5 Å². The van der Waals surface area contributed by atoms with Gasteiger partial charge in [0.25, 0.3) is 5.91 Å². The van der Waals surface area contributed by atoms with Crippen LogP contribution in [0.2, 0.25) is 0 Å². The van der Waals surface area contributed by atoms with Crippen molar-refractivity contribution in [1.29, 1.82) is 0 Å². The lowest BCUT2D eigenvalue weighted by molar-refractivity contribution is -0.117. The Bertz CT molecular complexity index is 832. The van der Waals surface area contributed by atoms with Crippen molar-refractivity contribution < 1.29 is 13.2 Å². The fraction of sp³-hybridized carbons (Fsp3) is 0.188. The summed E-state index contributed by atoms with van der Waals surface area (Å²) in [6.45, 7) is 2.05. The number of para-hydroxylation sites is 1. The van der Waals surface area contributed by atoms with Crippen molar-refractivity contribution in [3.8, 4) is 0 Å². The molecular formula is C16H17N3O3S. The number of benzene rings is 2. The number of nitrogens with one attached hydrogen (secondary N) is 3. The number of hydrogen-bond donors (Lipinski definition) is 3. The van der Waals surface area contributed by atoms with Gasteiger partial charge in [-0.15, -0.1) is 0 Å². The average Bonchev–Trinajstić information content (AvgIpc) is 2.55. The van der Waals surface area contributed by atoms with Gasteiger partial charge in [-0.1, -0.05) is 31.2 Å². The van der Waals surface area contributed by atoms with Gasteiger partial charge in [0.15, 0.2) is 6.17 Å². The molecule has 1 amide bonds. The summed E-state index contributed by atoms with van der Waals surface area (Å²) in [7, 11) is -3.71. The van der Waals surface area contributed by atoms with E-state index in [1.54, 1.807) is 30.3 Å². The molecule has 1 heterocycles. The van der Waals surface area contributed by atoms with Gasteiger partial charge in [0.1, 0.15) is 4.90 Å². The van der Waals surface area contributed by atoms with Gasteiger partial charge in [-0.3, -0.25) is 4.79 Å². The van der Waals surface area contributed by atoms with Crippen molar-refractivity contribution >= 4 is 27.3 Å². The minimum Gasteiger partial charge on any atom is -0.360 e. The van der Waals surface area contributed by atoms with E-state index in [-0.39, 0.29) is 4.90 Å². The van der Waals surface area contributed by atoms with Crippen molar-refractivity contribution in [2.45, 2.75) is 24.4 Å². The molecule has 0 radical (unpaired) electrons. The van der Waals surface area contributed by atoms with E-state index < -0.39 is 22.1 Å². The van der Waals surface area contributed by atoms with Crippen molar-refractivity contribution in [3.05, 3.63) is 54.1 Å². The minimum absolute atomic E-state index is 0.136. The third kappa shape index (κ3) is 3.20. The molecule has 1 aliphatic heterocycles. The van der Waals surface area contributed by atoms with Crippen LogP contribution in [0.4, 0.5) is 11.4 Å². The molecule has 0 fully saturated rings. The molecule has 0 bridgehead atoms. The lowest BCUT2D eigenvalue weighted by Crippen LogP contribution is -2.51. The molecule has 0 aliphatic carbocycles. The first kappa shape index (κ1) is 15.5. The van der Waals surface area contributed by atoms with Crippen LogP contribution in [-0.4, -0.2) is 20.5 Å². The molecule has 1 aliphatic rings. The third-order valence-corrected chi connectivity index (χ3v) is 5.12. The molecule has 0 saturated heterocycles. The number of hydrogen-bond acceptors (Lipinski definition) is 4. The van der Waals surface area contributed by atoms with E-state index in [1.807, 2.05) is 19.1 Å². The first-order chi connectivity index (χ1) is 11.0. The van der Waals surface area contributed by atoms with E-state index in [9.17, 15) is 13.2 Å². The summed E-state index contributed by atoms with van der Waals surface area (Å²) < 4.78 is 26.7. The zero-order valence-corrected chi connectivity index (χ0v) is 13.4. The highest BCUT2D eigenvalue weighted by Gasteiger charge is 2.32. The highest BCUT2D eigenvalue weighted by Crippen LogP contribution is 2.25. The Morgan fingerprint density at radius 3 is 2.52 bits per heavy atom. The lowest BCUT2D eigenvalue weighted by Gasteiger charge is -2.27. The van der Waals surface area contributed by atoms with E-state index >= 15 is 0 Å². The number of fused-ring (bicyclic) bond motifs is 1. The summed E-state index contributed by atoms with van der Waals surface area (Å²) in [5.41, 5.74) is 2.19. The second-order valence-corrected chi connectivity index (χ2v) is 6.92. The maximum Gasteiger partial charge on any atom is 0.262 e. The van der Waals surface area contributed by atoms with Gasteiger partial charge >= 0.3 is 0 Å². The molecule has 3 rings (SSSR count). The topological polar surface area (TPSA) is 87.3 Å². The smallest absolute Gasteiger partial charge is 0.262 e. The first-order valence-corrected chi connectivity index (χ1v) is 8.75. The molecule has 2 aromatic carbocycles. The highest BCUT2D eigenvalue weighted by molar-refractivity contribution is 7.89. The highest BCUT2D eigenvalue weighted by atomic mass is 32.2. The maximum atomic E-state index is 12.3. The van der Waals surface area contributed by atoms with Crippen LogP contribution in [0, 0.1) is 0 Å². The van der Waals surface area contributed by atoms with Crippen LogP contribution in [-0.2, 0) is 21.2 Å². The average molecular weight is 331 g/mol. The number of rotatable bonds is 3. The van der Waals surface area contributed by atoms with E-state index in [1.165, 1.54) is 6.07 Å². The largest absolute Gasteiger partial charge is 0.360 e. The van der Waals surface area contributed by atoms with Crippen molar-refractivity contribution in [1.82, 2.24) is 4.72 Å². The maximum absolute atomic E-state index is 12.3. The molecule has 0 aromatic heterocycles. The van der Waals surface area contributed by atoms with Crippen molar-refractivity contribution in [2.24, 2.45) is 0 Å². The number of carbonyl (C=O) groups excluding carboxylic acids is 1. The Kier molecular flexibility index (Phi) is 4.06. The van der Waals surface area contributed by atoms with E-state index in [0.29, 0.717) is 11.4 Å². The fourth-order valence-electron chi connectivity index (χ4n) is 2.38. The van der Waals surface area contributed by atoms with E-state index in [4.69, 9.17) is 0 Å². The van der Waals surface area contributed by atoms with Gasteiger partial charge in [-0.25, -0.2) is 8.42 Å². The van der Waals surface area contributed by atoms with Crippen LogP contribution in [0.15, 0.2) is 53.4 Å². The van der Waals surface area contributed by atoms with Gasteiger partial charge in [-0.2, -0.15) is 4.72 Å². The van der Waals surface area contributed by atoms with Gasteiger partial charge < -0.3 is 10.6 Å². The SMILES string of the molecule is CCc1ccc(NC(=O)[C@@H]2Nc3ccccc3S(=O)(=O)N2)cc1. The minimum atomic E-state index is -3.71. The normalized spacial score (nSPS) is 18.6. The molecule has 1 atom stereocenters. The quantitative estimate of drug-likeness (QED) is 0.802. The number of amides is 1. The molecule has 0 unspecified atom stereocenters. The second-order valence-electron chi connectivity index (χ2n) is 5.23. The number of carbonyl (C=O) groups is 1. The Morgan fingerprint density at radius 1 is 1.13 bits per heavy atom. The molecule has 7 heteroatoms. The molecule has 2 aromatic rings. The Morgan fingerprint density at radius 2 is 1.83 bits per heavy atom. The summed E-state index contributed by atoms with van der Waals surface area (Å²) in [5, 5.41) is 5.60. The molecule has 23 heavy (non-hydrogen) atoms. The van der Waals surface area contributed by atoms with Crippen LogP contribution < -0.4 is 15.4 Å². The van der Waals surface area contributed by atoms with Crippen molar-refractivity contribution in [3.63, 3.8) is 0 Å². The summed E-state index contributed by atoms with van der Waals surface area (Å²) in [6, 6.07) is 13.9. The molecule has 120 valence electrons.